The molecule has 0 radical (unpaired) electrons. The molecule has 0 bridgehead atoms. The number of piperidine rings is 1. The summed E-state index contributed by atoms with van der Waals surface area (Å²) in [4.78, 5) is 25.7. The number of hydrogen-bond acceptors (Lipinski definition) is 3. The van der Waals surface area contributed by atoms with E-state index in [2.05, 4.69) is 5.32 Å². The molecule has 0 unspecified atom stereocenters. The second-order valence-electron chi connectivity index (χ2n) is 6.31. The van der Waals surface area contributed by atoms with Crippen molar-refractivity contribution in [3.63, 3.8) is 0 Å². The highest BCUT2D eigenvalue weighted by molar-refractivity contribution is 5.96. The van der Waals surface area contributed by atoms with Crippen LogP contribution in [0.2, 0.25) is 0 Å². The fraction of sp³-hybridized carbons (Fsp3) is 0.529. The maximum Gasteiger partial charge on any atom is 0.251 e. The van der Waals surface area contributed by atoms with Crippen molar-refractivity contribution in [3.8, 4) is 0 Å². The summed E-state index contributed by atoms with van der Waals surface area (Å²) in [6.45, 7) is 1.05. The molecule has 0 aromatic heterocycles. The Hall–Kier alpha value is -1.88. The molecular formula is C17H22N2O3. The number of nitrogens with one attached hydrogen (secondary N) is 1. The Labute approximate surface area is 130 Å². The third-order valence-corrected chi connectivity index (χ3v) is 4.63. The highest BCUT2D eigenvalue weighted by Gasteiger charge is 2.34. The minimum absolute atomic E-state index is 0.149. The number of anilines is 1. The molecule has 118 valence electrons. The Bertz CT molecular complexity index is 564. The van der Waals surface area contributed by atoms with Gasteiger partial charge in [0.25, 0.3) is 5.91 Å². The van der Waals surface area contributed by atoms with Gasteiger partial charge < -0.3 is 15.3 Å². The SMILES string of the molecule is O=C(NCC1(O)CCC1)c1ccc(N2CCCCC2=O)cc1. The number of rotatable bonds is 4. The van der Waals surface area contributed by atoms with Crippen LogP contribution >= 0.6 is 0 Å². The van der Waals surface area contributed by atoms with Crippen molar-refractivity contribution in [1.29, 1.82) is 0 Å². The van der Waals surface area contributed by atoms with E-state index in [9.17, 15) is 14.7 Å². The summed E-state index contributed by atoms with van der Waals surface area (Å²) >= 11 is 0. The molecule has 22 heavy (non-hydrogen) atoms. The average Bonchev–Trinajstić information content (AvgIpc) is 2.51. The highest BCUT2D eigenvalue weighted by Crippen LogP contribution is 2.30. The van der Waals surface area contributed by atoms with Crippen molar-refractivity contribution in [2.75, 3.05) is 18.0 Å². The molecule has 2 amide bonds. The van der Waals surface area contributed by atoms with Crippen LogP contribution in [0.3, 0.4) is 0 Å². The monoisotopic (exact) mass is 302 g/mol. The van der Waals surface area contributed by atoms with Gasteiger partial charge in [0, 0.05) is 30.8 Å². The predicted octanol–water partition coefficient (Wildman–Crippen LogP) is 1.85. The lowest BCUT2D eigenvalue weighted by Gasteiger charge is -2.36. The number of amides is 2. The van der Waals surface area contributed by atoms with Gasteiger partial charge in [-0.25, -0.2) is 0 Å². The van der Waals surface area contributed by atoms with E-state index in [4.69, 9.17) is 0 Å². The summed E-state index contributed by atoms with van der Waals surface area (Å²) in [7, 11) is 0. The van der Waals surface area contributed by atoms with Gasteiger partial charge in [-0.15, -0.1) is 0 Å². The molecule has 5 heteroatoms. The molecule has 0 atom stereocenters. The normalized spacial score (nSPS) is 20.4. The molecule has 2 fully saturated rings. The van der Waals surface area contributed by atoms with E-state index < -0.39 is 5.60 Å². The van der Waals surface area contributed by atoms with Crippen LogP contribution in [-0.4, -0.2) is 35.6 Å². The minimum Gasteiger partial charge on any atom is -0.388 e. The minimum atomic E-state index is -0.712. The van der Waals surface area contributed by atoms with Gasteiger partial charge >= 0.3 is 0 Å². The summed E-state index contributed by atoms with van der Waals surface area (Å²) in [5.41, 5.74) is 0.686. The van der Waals surface area contributed by atoms with Crippen LogP contribution in [0.15, 0.2) is 24.3 Å². The highest BCUT2D eigenvalue weighted by atomic mass is 16.3. The standard InChI is InChI=1S/C17H22N2O3/c20-15-4-1-2-11-19(15)14-7-5-13(6-8-14)16(21)18-12-17(22)9-3-10-17/h5-8,22H,1-4,9-12H2,(H,18,21). The number of carbonyl (C=O) groups is 2. The van der Waals surface area contributed by atoms with Crippen molar-refractivity contribution >= 4 is 17.5 Å². The van der Waals surface area contributed by atoms with Gasteiger partial charge in [-0.3, -0.25) is 9.59 Å². The maximum atomic E-state index is 12.1. The van der Waals surface area contributed by atoms with Crippen LogP contribution in [0.25, 0.3) is 0 Å². The summed E-state index contributed by atoms with van der Waals surface area (Å²) < 4.78 is 0. The molecule has 1 saturated heterocycles. The first-order valence-corrected chi connectivity index (χ1v) is 7.98. The predicted molar refractivity (Wildman–Crippen MR) is 83.8 cm³/mol. The Morgan fingerprint density at radius 3 is 2.50 bits per heavy atom. The van der Waals surface area contributed by atoms with E-state index in [1.807, 2.05) is 12.1 Å². The van der Waals surface area contributed by atoms with E-state index in [1.165, 1.54) is 0 Å². The van der Waals surface area contributed by atoms with Gasteiger partial charge in [-0.05, 0) is 56.4 Å². The van der Waals surface area contributed by atoms with Crippen LogP contribution in [-0.2, 0) is 4.79 Å². The van der Waals surface area contributed by atoms with Crippen LogP contribution in [0, 0.1) is 0 Å². The fourth-order valence-electron chi connectivity index (χ4n) is 2.98. The van der Waals surface area contributed by atoms with E-state index in [0.717, 1.165) is 44.3 Å². The summed E-state index contributed by atoms with van der Waals surface area (Å²) in [5, 5.41) is 12.8. The molecule has 1 aromatic rings. The van der Waals surface area contributed by atoms with E-state index in [-0.39, 0.29) is 11.8 Å². The quantitative estimate of drug-likeness (QED) is 0.892. The van der Waals surface area contributed by atoms with Crippen molar-refractivity contribution in [2.45, 2.75) is 44.1 Å². The molecule has 1 aliphatic heterocycles. The van der Waals surface area contributed by atoms with Crippen molar-refractivity contribution in [2.24, 2.45) is 0 Å². The van der Waals surface area contributed by atoms with Crippen LogP contribution in [0.4, 0.5) is 5.69 Å². The van der Waals surface area contributed by atoms with Crippen LogP contribution in [0.1, 0.15) is 48.9 Å². The van der Waals surface area contributed by atoms with Gasteiger partial charge in [0.15, 0.2) is 0 Å². The number of aliphatic hydroxyl groups is 1. The summed E-state index contributed by atoms with van der Waals surface area (Å²) in [5.74, 6) is -0.0347. The lowest BCUT2D eigenvalue weighted by Crippen LogP contribution is -2.47. The first kappa shape index (κ1) is 15.0. The van der Waals surface area contributed by atoms with Gasteiger partial charge in [-0.2, -0.15) is 0 Å². The molecule has 1 saturated carbocycles. The first-order valence-electron chi connectivity index (χ1n) is 7.98. The first-order chi connectivity index (χ1) is 10.6. The Morgan fingerprint density at radius 1 is 1.18 bits per heavy atom. The number of hydrogen-bond donors (Lipinski definition) is 2. The van der Waals surface area contributed by atoms with Crippen molar-refractivity contribution in [1.82, 2.24) is 5.32 Å². The van der Waals surface area contributed by atoms with Gasteiger partial charge in [-0.1, -0.05) is 0 Å². The Morgan fingerprint density at radius 2 is 1.91 bits per heavy atom. The zero-order valence-corrected chi connectivity index (χ0v) is 12.7. The average molecular weight is 302 g/mol. The number of nitrogens with zero attached hydrogens (tertiary/aromatic N) is 1. The molecule has 0 spiro atoms. The summed E-state index contributed by atoms with van der Waals surface area (Å²) in [6, 6.07) is 7.10. The topological polar surface area (TPSA) is 69.6 Å². The fourth-order valence-corrected chi connectivity index (χ4v) is 2.98. The molecule has 1 aliphatic carbocycles. The lowest BCUT2D eigenvalue weighted by atomic mass is 9.80. The second-order valence-corrected chi connectivity index (χ2v) is 6.31. The molecular weight excluding hydrogens is 280 g/mol. The van der Waals surface area contributed by atoms with Crippen molar-refractivity contribution in [3.05, 3.63) is 29.8 Å². The largest absolute Gasteiger partial charge is 0.388 e. The van der Waals surface area contributed by atoms with Gasteiger partial charge in [0.05, 0.1) is 5.60 Å². The maximum absolute atomic E-state index is 12.1. The second kappa shape index (κ2) is 6.08. The third-order valence-electron chi connectivity index (χ3n) is 4.63. The summed E-state index contributed by atoms with van der Waals surface area (Å²) in [6.07, 6.45) is 5.10. The molecule has 1 aromatic carbocycles. The Balaban J connectivity index is 1.60. The van der Waals surface area contributed by atoms with E-state index in [1.54, 1.807) is 17.0 Å². The Kier molecular flexibility index (Phi) is 4.16. The molecule has 2 N–H and O–H groups in total. The van der Waals surface area contributed by atoms with Crippen LogP contribution < -0.4 is 10.2 Å². The lowest BCUT2D eigenvalue weighted by molar-refractivity contribution is -0.119. The number of benzene rings is 1. The van der Waals surface area contributed by atoms with Crippen LogP contribution in [0.5, 0.6) is 0 Å². The zero-order valence-electron chi connectivity index (χ0n) is 12.7. The molecule has 3 rings (SSSR count). The smallest absolute Gasteiger partial charge is 0.251 e. The molecule has 1 heterocycles. The van der Waals surface area contributed by atoms with Gasteiger partial charge in [0.1, 0.15) is 0 Å². The molecule has 2 aliphatic rings. The number of carbonyl (C=O) groups excluding carboxylic acids is 2. The third kappa shape index (κ3) is 3.14. The molecule has 5 nitrogen and oxygen atoms in total. The van der Waals surface area contributed by atoms with Crippen molar-refractivity contribution < 1.29 is 14.7 Å². The van der Waals surface area contributed by atoms with E-state index in [0.29, 0.717) is 18.5 Å². The zero-order chi connectivity index (χ0) is 15.6. The van der Waals surface area contributed by atoms with E-state index >= 15 is 0 Å². The van der Waals surface area contributed by atoms with Gasteiger partial charge in [0.2, 0.25) is 5.91 Å².